The smallest absolute Gasteiger partial charge is 0.339 e. The van der Waals surface area contributed by atoms with E-state index in [0.717, 1.165) is 0 Å². The maximum atomic E-state index is 12.5. The lowest BCUT2D eigenvalue weighted by molar-refractivity contribution is 0.0602. The van der Waals surface area contributed by atoms with Gasteiger partial charge in [0.05, 0.1) is 29.4 Å². The van der Waals surface area contributed by atoms with E-state index in [-0.39, 0.29) is 11.5 Å². The van der Waals surface area contributed by atoms with Gasteiger partial charge in [0.15, 0.2) is 0 Å². The highest BCUT2D eigenvalue weighted by atomic mass is 79.9. The van der Waals surface area contributed by atoms with Gasteiger partial charge in [-0.3, -0.25) is 4.79 Å². The fourth-order valence-electron chi connectivity index (χ4n) is 2.07. The second-order valence-electron chi connectivity index (χ2n) is 4.98. The standard InChI is InChI=1S/C18H18BrNO5/c1-23-9-10-25-16-8-7-12(11-14(16)19)17(21)20-15-6-4-3-5-13(15)18(22)24-2/h3-8,11H,9-10H2,1-2H3,(H,20,21). The van der Waals surface area contributed by atoms with Crippen LogP contribution in [0, 0.1) is 0 Å². The Morgan fingerprint density at radius 2 is 1.84 bits per heavy atom. The number of carbonyl (C=O) groups excluding carboxylic acids is 2. The van der Waals surface area contributed by atoms with Crippen LogP contribution in [0.2, 0.25) is 0 Å². The number of anilines is 1. The molecule has 132 valence electrons. The fourth-order valence-corrected chi connectivity index (χ4v) is 2.56. The van der Waals surface area contributed by atoms with E-state index in [4.69, 9.17) is 14.2 Å². The number of carbonyl (C=O) groups is 2. The number of ether oxygens (including phenoxy) is 3. The summed E-state index contributed by atoms with van der Waals surface area (Å²) in [5.41, 5.74) is 1.10. The predicted octanol–water partition coefficient (Wildman–Crippen LogP) is 3.51. The highest BCUT2D eigenvalue weighted by molar-refractivity contribution is 9.10. The highest BCUT2D eigenvalue weighted by Gasteiger charge is 2.15. The van der Waals surface area contributed by atoms with Crippen molar-refractivity contribution in [1.82, 2.24) is 0 Å². The molecule has 0 fully saturated rings. The van der Waals surface area contributed by atoms with Crippen LogP contribution in [0.5, 0.6) is 5.75 Å². The zero-order valence-corrected chi connectivity index (χ0v) is 15.5. The van der Waals surface area contributed by atoms with E-state index in [9.17, 15) is 9.59 Å². The molecule has 0 atom stereocenters. The van der Waals surface area contributed by atoms with Gasteiger partial charge in [-0.1, -0.05) is 12.1 Å². The van der Waals surface area contributed by atoms with E-state index in [0.29, 0.717) is 34.7 Å². The minimum absolute atomic E-state index is 0.289. The number of rotatable bonds is 7. The van der Waals surface area contributed by atoms with Crippen LogP contribution in [0.25, 0.3) is 0 Å². The number of hydrogen-bond acceptors (Lipinski definition) is 5. The Bertz CT molecular complexity index is 763. The topological polar surface area (TPSA) is 73.9 Å². The first-order valence-corrected chi connectivity index (χ1v) is 8.26. The van der Waals surface area contributed by atoms with Gasteiger partial charge >= 0.3 is 5.97 Å². The Hall–Kier alpha value is -2.38. The zero-order valence-electron chi connectivity index (χ0n) is 13.9. The SMILES string of the molecule is COCCOc1ccc(C(=O)Nc2ccccc2C(=O)OC)cc1Br. The van der Waals surface area contributed by atoms with Crippen molar-refractivity contribution in [2.75, 3.05) is 32.8 Å². The van der Waals surface area contributed by atoms with Gasteiger partial charge in [-0.15, -0.1) is 0 Å². The van der Waals surface area contributed by atoms with Crippen molar-refractivity contribution >= 4 is 33.5 Å². The predicted molar refractivity (Wildman–Crippen MR) is 97.2 cm³/mol. The lowest BCUT2D eigenvalue weighted by atomic mass is 10.1. The van der Waals surface area contributed by atoms with Crippen LogP contribution in [0.15, 0.2) is 46.9 Å². The molecule has 1 N–H and O–H groups in total. The van der Waals surface area contributed by atoms with Crippen molar-refractivity contribution in [2.24, 2.45) is 0 Å². The molecule has 0 aromatic heterocycles. The highest BCUT2D eigenvalue weighted by Crippen LogP contribution is 2.26. The van der Waals surface area contributed by atoms with Crippen LogP contribution in [0.3, 0.4) is 0 Å². The number of benzene rings is 2. The molecule has 0 aliphatic heterocycles. The molecule has 0 bridgehead atoms. The molecule has 0 aliphatic rings. The Balaban J connectivity index is 2.14. The Kier molecular flexibility index (Phi) is 6.97. The maximum absolute atomic E-state index is 12.5. The van der Waals surface area contributed by atoms with Crippen LogP contribution in [0.4, 0.5) is 5.69 Å². The summed E-state index contributed by atoms with van der Waals surface area (Å²) in [7, 11) is 2.89. The average Bonchev–Trinajstić information content (AvgIpc) is 2.63. The van der Waals surface area contributed by atoms with E-state index in [1.165, 1.54) is 7.11 Å². The molecule has 2 aromatic carbocycles. The molecule has 0 unspecified atom stereocenters. The summed E-state index contributed by atoms with van der Waals surface area (Å²) in [4.78, 5) is 24.2. The van der Waals surface area contributed by atoms with Crippen molar-refractivity contribution in [1.29, 1.82) is 0 Å². The Morgan fingerprint density at radius 3 is 2.52 bits per heavy atom. The van der Waals surface area contributed by atoms with Crippen LogP contribution >= 0.6 is 15.9 Å². The molecule has 7 heteroatoms. The summed E-state index contributed by atoms with van der Waals surface area (Å²) in [6, 6.07) is 11.6. The number of hydrogen-bond donors (Lipinski definition) is 1. The summed E-state index contributed by atoms with van der Waals surface area (Å²) in [6.45, 7) is 0.881. The molecule has 0 spiro atoms. The third-order valence-corrected chi connectivity index (χ3v) is 3.94. The monoisotopic (exact) mass is 407 g/mol. The third kappa shape index (κ3) is 5.04. The summed E-state index contributed by atoms with van der Waals surface area (Å²) in [5.74, 6) is -0.247. The molecular formula is C18H18BrNO5. The molecule has 0 saturated heterocycles. The van der Waals surface area contributed by atoms with Gasteiger partial charge in [-0.05, 0) is 46.3 Å². The van der Waals surface area contributed by atoms with Crippen molar-refractivity contribution < 1.29 is 23.8 Å². The number of nitrogens with one attached hydrogen (secondary N) is 1. The lowest BCUT2D eigenvalue weighted by Crippen LogP contribution is -2.15. The summed E-state index contributed by atoms with van der Waals surface area (Å²) >= 11 is 3.38. The summed E-state index contributed by atoms with van der Waals surface area (Å²) in [5, 5.41) is 2.72. The van der Waals surface area contributed by atoms with E-state index < -0.39 is 5.97 Å². The van der Waals surface area contributed by atoms with Crippen molar-refractivity contribution in [3.8, 4) is 5.75 Å². The van der Waals surface area contributed by atoms with E-state index in [2.05, 4.69) is 21.2 Å². The van der Waals surface area contributed by atoms with Gasteiger partial charge < -0.3 is 19.5 Å². The third-order valence-electron chi connectivity index (χ3n) is 3.32. The average molecular weight is 408 g/mol. The van der Waals surface area contributed by atoms with Crippen LogP contribution in [-0.2, 0) is 9.47 Å². The minimum atomic E-state index is -0.515. The second kappa shape index (κ2) is 9.19. The molecule has 0 radical (unpaired) electrons. The molecule has 0 heterocycles. The molecule has 25 heavy (non-hydrogen) atoms. The lowest BCUT2D eigenvalue weighted by Gasteiger charge is -2.11. The molecule has 1 amide bonds. The first-order valence-electron chi connectivity index (χ1n) is 7.46. The maximum Gasteiger partial charge on any atom is 0.339 e. The quantitative estimate of drug-likeness (QED) is 0.561. The van der Waals surface area contributed by atoms with Gasteiger partial charge in [-0.2, -0.15) is 0 Å². The van der Waals surface area contributed by atoms with Crippen molar-refractivity contribution in [3.63, 3.8) is 0 Å². The fraction of sp³-hybridized carbons (Fsp3) is 0.222. The van der Waals surface area contributed by atoms with Crippen molar-refractivity contribution in [2.45, 2.75) is 0 Å². The number of para-hydroxylation sites is 1. The number of amides is 1. The van der Waals surface area contributed by atoms with Crippen LogP contribution in [0.1, 0.15) is 20.7 Å². The Labute approximate surface area is 154 Å². The van der Waals surface area contributed by atoms with Gasteiger partial charge in [0, 0.05) is 12.7 Å². The summed E-state index contributed by atoms with van der Waals surface area (Å²) in [6.07, 6.45) is 0. The second-order valence-corrected chi connectivity index (χ2v) is 5.83. The molecule has 2 aromatic rings. The Morgan fingerprint density at radius 1 is 1.08 bits per heavy atom. The number of halogens is 1. The molecule has 6 nitrogen and oxygen atoms in total. The first kappa shape index (κ1) is 19.0. The van der Waals surface area contributed by atoms with Gasteiger partial charge in [0.2, 0.25) is 0 Å². The van der Waals surface area contributed by atoms with Gasteiger partial charge in [0.1, 0.15) is 12.4 Å². The van der Waals surface area contributed by atoms with Crippen LogP contribution < -0.4 is 10.1 Å². The minimum Gasteiger partial charge on any atom is -0.490 e. The van der Waals surface area contributed by atoms with Crippen molar-refractivity contribution in [3.05, 3.63) is 58.1 Å². The van der Waals surface area contributed by atoms with E-state index in [1.54, 1.807) is 49.6 Å². The number of esters is 1. The van der Waals surface area contributed by atoms with Crippen LogP contribution in [-0.4, -0.2) is 39.3 Å². The van der Waals surface area contributed by atoms with Gasteiger partial charge in [-0.25, -0.2) is 4.79 Å². The molecule has 2 rings (SSSR count). The zero-order chi connectivity index (χ0) is 18.2. The largest absolute Gasteiger partial charge is 0.490 e. The first-order chi connectivity index (χ1) is 12.1. The normalized spacial score (nSPS) is 10.2. The van der Waals surface area contributed by atoms with E-state index >= 15 is 0 Å². The molecule has 0 saturated carbocycles. The molecule has 0 aliphatic carbocycles. The van der Waals surface area contributed by atoms with E-state index in [1.807, 2.05) is 0 Å². The number of methoxy groups -OCH3 is 2. The molecular weight excluding hydrogens is 390 g/mol. The summed E-state index contributed by atoms with van der Waals surface area (Å²) < 4.78 is 15.8. The van der Waals surface area contributed by atoms with Gasteiger partial charge in [0.25, 0.3) is 5.91 Å².